The van der Waals surface area contributed by atoms with Crippen molar-refractivity contribution in [2.75, 3.05) is 0 Å². The smallest absolute Gasteiger partial charge is 0.389 e. The van der Waals surface area contributed by atoms with Crippen LogP contribution in [0.5, 0.6) is 5.88 Å². The molecular formula is C31H26Cl2FN3O2. The molecule has 1 amide bonds. The molecule has 8 heteroatoms. The van der Waals surface area contributed by atoms with Crippen molar-refractivity contribution in [3.05, 3.63) is 111 Å². The lowest BCUT2D eigenvalue weighted by Gasteiger charge is -2.13. The molecule has 5 nitrogen and oxygen atoms in total. The van der Waals surface area contributed by atoms with E-state index >= 15 is 0 Å². The number of nitrogens with one attached hydrogen (secondary N) is 1. The molecule has 1 N–H and O–H groups in total. The van der Waals surface area contributed by atoms with Crippen molar-refractivity contribution in [3.63, 3.8) is 0 Å². The van der Waals surface area contributed by atoms with Crippen LogP contribution >= 0.6 is 23.2 Å². The Labute approximate surface area is 236 Å². The molecule has 1 aromatic heterocycles. The van der Waals surface area contributed by atoms with E-state index in [1.807, 2.05) is 24.3 Å². The third-order valence-corrected chi connectivity index (χ3v) is 7.87. The predicted molar refractivity (Wildman–Crippen MR) is 152 cm³/mol. The molecule has 3 aromatic carbocycles. The summed E-state index contributed by atoms with van der Waals surface area (Å²) >= 11 is 12.8. The highest BCUT2D eigenvalue weighted by molar-refractivity contribution is 6.35. The summed E-state index contributed by atoms with van der Waals surface area (Å²) in [6, 6.07) is 19.6. The number of rotatable bonds is 4. The van der Waals surface area contributed by atoms with E-state index in [4.69, 9.17) is 33.0 Å². The second kappa shape index (κ2) is 10.9. The molecule has 0 spiro atoms. The first kappa shape index (κ1) is 25.7. The molecule has 0 bridgehead atoms. The number of nitrogens with zero attached hydrogens (tertiary/aromatic N) is 2. The molecule has 4 aromatic rings. The minimum Gasteiger partial charge on any atom is -0.389 e. The number of halogens is 3. The second-order valence-corrected chi connectivity index (χ2v) is 10.7. The van der Waals surface area contributed by atoms with Crippen LogP contribution in [0.3, 0.4) is 0 Å². The van der Waals surface area contributed by atoms with Crippen molar-refractivity contribution in [3.8, 4) is 11.6 Å². The molecule has 1 heterocycles. The number of benzene rings is 3. The molecule has 0 saturated heterocycles. The van der Waals surface area contributed by atoms with E-state index in [1.165, 1.54) is 17.7 Å². The molecular weight excluding hydrogens is 536 g/mol. The van der Waals surface area contributed by atoms with Crippen LogP contribution in [0.2, 0.25) is 10.0 Å². The normalized spacial score (nSPS) is 17.4. The van der Waals surface area contributed by atoms with Crippen LogP contribution in [-0.2, 0) is 12.8 Å². The van der Waals surface area contributed by atoms with E-state index in [0.29, 0.717) is 22.2 Å². The first-order valence-corrected chi connectivity index (χ1v) is 13.8. The number of hydrogen-bond acceptors (Lipinski definition) is 3. The molecule has 0 saturated carbocycles. The predicted octanol–water partition coefficient (Wildman–Crippen LogP) is 8.36. The summed E-state index contributed by atoms with van der Waals surface area (Å²) in [7, 11) is 0. The van der Waals surface area contributed by atoms with E-state index in [0.717, 1.165) is 60.1 Å². The van der Waals surface area contributed by atoms with Crippen molar-refractivity contribution >= 4 is 40.9 Å². The zero-order chi connectivity index (χ0) is 26.9. The van der Waals surface area contributed by atoms with E-state index in [1.54, 1.807) is 35.0 Å². The van der Waals surface area contributed by atoms with Gasteiger partial charge in [-0.05, 0) is 97.2 Å². The van der Waals surface area contributed by atoms with Gasteiger partial charge < -0.3 is 10.1 Å². The van der Waals surface area contributed by atoms with E-state index in [9.17, 15) is 9.18 Å². The van der Waals surface area contributed by atoms with Gasteiger partial charge in [0.05, 0.1) is 22.4 Å². The number of hydrogen-bond donors (Lipinski definition) is 1. The summed E-state index contributed by atoms with van der Waals surface area (Å²) < 4.78 is 21.2. The fourth-order valence-electron chi connectivity index (χ4n) is 5.50. The molecule has 0 fully saturated rings. The molecule has 39 heavy (non-hydrogen) atoms. The Morgan fingerprint density at radius 1 is 1.03 bits per heavy atom. The minimum absolute atomic E-state index is 0.103. The topological polar surface area (TPSA) is 56.1 Å². The Balaban J connectivity index is 1.40. The minimum atomic E-state index is -0.542. The summed E-state index contributed by atoms with van der Waals surface area (Å²) in [6.07, 6.45) is 6.55. The number of carbonyl (C=O) groups is 1. The quantitative estimate of drug-likeness (QED) is 0.254. The van der Waals surface area contributed by atoms with E-state index in [-0.39, 0.29) is 17.7 Å². The zero-order valence-corrected chi connectivity index (χ0v) is 22.6. The summed E-state index contributed by atoms with van der Waals surface area (Å²) in [6.45, 7) is 0. The Bertz CT molecular complexity index is 1580. The molecule has 0 aliphatic heterocycles. The molecule has 0 unspecified atom stereocenters. The van der Waals surface area contributed by atoms with Gasteiger partial charge in [0, 0.05) is 10.6 Å². The van der Waals surface area contributed by atoms with Gasteiger partial charge in [0.1, 0.15) is 5.82 Å². The molecule has 1 atom stereocenters. The fourth-order valence-corrected chi connectivity index (χ4v) is 5.99. The van der Waals surface area contributed by atoms with Gasteiger partial charge in [0.15, 0.2) is 0 Å². The van der Waals surface area contributed by atoms with Gasteiger partial charge in [-0.15, -0.1) is 5.10 Å². The number of amides is 1. The van der Waals surface area contributed by atoms with E-state index in [2.05, 4.69) is 11.4 Å². The van der Waals surface area contributed by atoms with Crippen molar-refractivity contribution in [1.82, 2.24) is 15.1 Å². The van der Waals surface area contributed by atoms with Crippen LogP contribution < -0.4 is 10.1 Å². The van der Waals surface area contributed by atoms with Crippen LogP contribution in [0.4, 0.5) is 9.18 Å². The highest BCUT2D eigenvalue weighted by Crippen LogP contribution is 2.39. The van der Waals surface area contributed by atoms with Gasteiger partial charge in [0.25, 0.3) is 0 Å². The maximum Gasteiger partial charge on any atom is 0.414 e. The maximum atomic E-state index is 13.6. The summed E-state index contributed by atoms with van der Waals surface area (Å²) in [5.74, 6) is -0.0324. The van der Waals surface area contributed by atoms with Crippen molar-refractivity contribution < 1.29 is 13.9 Å². The standard InChI is InChI=1S/C31H26Cl2FN3O2/c32-22-12-16-28(26(33)18-22)37-29-21(17-19-9-13-23(34)14-10-19)6-2-4-8-25(29)30(36-37)39-31(38)35-27-15-11-20-5-1-3-7-24(20)27/h1,3,5,7,9-10,12-14,16-18,27H,2,4,6,8,11,15H2,(H,35,38)/b21-17+/t27-/m1/s1. The summed E-state index contributed by atoms with van der Waals surface area (Å²) in [4.78, 5) is 13.1. The van der Waals surface area contributed by atoms with Crippen LogP contribution in [0.25, 0.3) is 17.3 Å². The largest absolute Gasteiger partial charge is 0.414 e. The maximum absolute atomic E-state index is 13.6. The number of carbonyl (C=O) groups excluding carboxylic acids is 1. The van der Waals surface area contributed by atoms with Crippen LogP contribution in [0.15, 0.2) is 66.7 Å². The lowest BCUT2D eigenvalue weighted by Crippen LogP contribution is -2.30. The zero-order valence-electron chi connectivity index (χ0n) is 21.1. The molecule has 2 aliphatic rings. The Morgan fingerprint density at radius 3 is 2.64 bits per heavy atom. The van der Waals surface area contributed by atoms with Gasteiger partial charge in [-0.3, -0.25) is 0 Å². The summed E-state index contributed by atoms with van der Waals surface area (Å²) in [5, 5.41) is 8.73. The average Bonchev–Trinajstić information content (AvgIpc) is 3.41. The SMILES string of the molecule is O=C(N[C@@H]1CCc2ccccc21)Oc1nn(-c2ccc(Cl)cc2Cl)c2c1CCCC/C2=C\c1ccc(F)cc1. The number of aryl methyl sites for hydroxylation is 1. The third kappa shape index (κ3) is 5.32. The number of ether oxygens (including phenoxy) is 1. The average molecular weight is 562 g/mol. The second-order valence-electron chi connectivity index (χ2n) is 9.89. The van der Waals surface area contributed by atoms with Crippen molar-refractivity contribution in [1.29, 1.82) is 0 Å². The fraction of sp³-hybridized carbons (Fsp3) is 0.226. The first-order chi connectivity index (χ1) is 19.0. The van der Waals surface area contributed by atoms with Crippen LogP contribution in [0.1, 0.15) is 59.7 Å². The van der Waals surface area contributed by atoms with Gasteiger partial charge >= 0.3 is 6.09 Å². The monoisotopic (exact) mass is 561 g/mol. The molecule has 0 radical (unpaired) electrons. The van der Waals surface area contributed by atoms with Gasteiger partial charge in [-0.1, -0.05) is 59.6 Å². The van der Waals surface area contributed by atoms with E-state index < -0.39 is 6.09 Å². The molecule has 198 valence electrons. The number of allylic oxidation sites excluding steroid dienone is 1. The third-order valence-electron chi connectivity index (χ3n) is 7.34. The van der Waals surface area contributed by atoms with Gasteiger partial charge in [-0.25, -0.2) is 13.9 Å². The highest BCUT2D eigenvalue weighted by atomic mass is 35.5. The number of fused-ring (bicyclic) bond motifs is 2. The number of aromatic nitrogens is 2. The van der Waals surface area contributed by atoms with Gasteiger partial charge in [-0.2, -0.15) is 0 Å². The summed E-state index contributed by atoms with van der Waals surface area (Å²) in [5.41, 5.74) is 6.54. The molecule has 2 aliphatic carbocycles. The lowest BCUT2D eigenvalue weighted by molar-refractivity contribution is 0.193. The Hall–Kier alpha value is -3.61. The Kier molecular flexibility index (Phi) is 7.15. The lowest BCUT2D eigenvalue weighted by atomic mass is 10.0. The molecule has 6 rings (SSSR count). The van der Waals surface area contributed by atoms with Crippen LogP contribution in [0, 0.1) is 5.82 Å². The highest BCUT2D eigenvalue weighted by Gasteiger charge is 2.29. The van der Waals surface area contributed by atoms with Gasteiger partial charge in [0.2, 0.25) is 5.88 Å². The Morgan fingerprint density at radius 2 is 1.82 bits per heavy atom. The van der Waals surface area contributed by atoms with Crippen molar-refractivity contribution in [2.24, 2.45) is 0 Å². The van der Waals surface area contributed by atoms with Crippen LogP contribution in [-0.4, -0.2) is 15.9 Å². The van der Waals surface area contributed by atoms with Crippen molar-refractivity contribution in [2.45, 2.75) is 44.6 Å². The first-order valence-electron chi connectivity index (χ1n) is 13.1.